The van der Waals surface area contributed by atoms with Crippen molar-refractivity contribution in [1.29, 1.82) is 0 Å². The number of rotatable bonds is 3. The van der Waals surface area contributed by atoms with E-state index >= 15 is 0 Å². The number of fused-ring (bicyclic) bond motifs is 1. The third kappa shape index (κ3) is 3.84. The van der Waals surface area contributed by atoms with Crippen LogP contribution in [0.1, 0.15) is 25.5 Å². The van der Waals surface area contributed by atoms with Gasteiger partial charge in [0.25, 0.3) is 5.91 Å². The summed E-state index contributed by atoms with van der Waals surface area (Å²) >= 11 is 0. The van der Waals surface area contributed by atoms with Crippen LogP contribution >= 0.6 is 0 Å². The highest BCUT2D eigenvalue weighted by Crippen LogP contribution is 2.34. The predicted molar refractivity (Wildman–Crippen MR) is 100 cm³/mol. The first-order valence-corrected chi connectivity index (χ1v) is 9.41. The number of pyridine rings is 1. The number of benzene rings is 1. The van der Waals surface area contributed by atoms with Crippen LogP contribution in [0.4, 0.5) is 0 Å². The lowest BCUT2D eigenvalue weighted by atomic mass is 10.1. The molecule has 2 atom stereocenters. The molecule has 0 spiro atoms. The number of amides is 1. The minimum atomic E-state index is -0.615. The Hall–Kier alpha value is -2.76. The van der Waals surface area contributed by atoms with E-state index in [4.69, 9.17) is 14.2 Å². The van der Waals surface area contributed by atoms with E-state index in [0.717, 1.165) is 18.5 Å². The van der Waals surface area contributed by atoms with Crippen LogP contribution in [0.5, 0.6) is 17.4 Å². The maximum absolute atomic E-state index is 13.0. The monoisotopic (exact) mass is 368 g/mol. The first kappa shape index (κ1) is 17.6. The SMILES string of the molecule is Cc1cccc(OC2CCN(C(=O)C3Oc4ccccc4OC3C)CC2)n1. The summed E-state index contributed by atoms with van der Waals surface area (Å²) in [5.74, 6) is 1.93. The van der Waals surface area contributed by atoms with Crippen LogP contribution < -0.4 is 14.2 Å². The Bertz CT molecular complexity index is 817. The van der Waals surface area contributed by atoms with Crippen LogP contribution in [0.3, 0.4) is 0 Å². The summed E-state index contributed by atoms with van der Waals surface area (Å²) in [7, 11) is 0. The van der Waals surface area contributed by atoms with Crippen LogP contribution in [0, 0.1) is 6.92 Å². The number of aryl methyl sites for hydroxylation is 1. The summed E-state index contributed by atoms with van der Waals surface area (Å²) in [5, 5.41) is 0. The van der Waals surface area contributed by atoms with E-state index in [1.165, 1.54) is 0 Å². The average molecular weight is 368 g/mol. The summed E-state index contributed by atoms with van der Waals surface area (Å²) in [4.78, 5) is 19.2. The van der Waals surface area contributed by atoms with Crippen molar-refractivity contribution in [3.63, 3.8) is 0 Å². The summed E-state index contributed by atoms with van der Waals surface area (Å²) in [6.45, 7) is 5.10. The number of likely N-dealkylation sites (tertiary alicyclic amines) is 1. The average Bonchev–Trinajstić information content (AvgIpc) is 2.67. The van der Waals surface area contributed by atoms with Crippen LogP contribution in [0.2, 0.25) is 0 Å². The highest BCUT2D eigenvalue weighted by Gasteiger charge is 2.38. The molecule has 0 aliphatic carbocycles. The zero-order valence-corrected chi connectivity index (χ0v) is 15.6. The van der Waals surface area contributed by atoms with Gasteiger partial charge in [-0.1, -0.05) is 18.2 Å². The number of hydrogen-bond acceptors (Lipinski definition) is 5. The highest BCUT2D eigenvalue weighted by molar-refractivity contribution is 5.82. The van der Waals surface area contributed by atoms with Crippen molar-refractivity contribution in [2.45, 2.75) is 45.0 Å². The number of carbonyl (C=O) groups excluding carboxylic acids is 1. The lowest BCUT2D eigenvalue weighted by molar-refractivity contribution is -0.146. The number of hydrogen-bond donors (Lipinski definition) is 0. The van der Waals surface area contributed by atoms with Gasteiger partial charge < -0.3 is 19.1 Å². The van der Waals surface area contributed by atoms with E-state index in [1.807, 2.05) is 61.2 Å². The summed E-state index contributed by atoms with van der Waals surface area (Å²) in [6.07, 6.45) is 0.693. The Morgan fingerprint density at radius 3 is 2.48 bits per heavy atom. The maximum atomic E-state index is 13.0. The predicted octanol–water partition coefficient (Wildman–Crippen LogP) is 2.99. The zero-order valence-electron chi connectivity index (χ0n) is 15.6. The molecule has 1 saturated heterocycles. The molecule has 1 aromatic heterocycles. The van der Waals surface area contributed by atoms with E-state index in [1.54, 1.807) is 0 Å². The molecule has 0 saturated carbocycles. The Morgan fingerprint density at radius 2 is 1.78 bits per heavy atom. The fourth-order valence-corrected chi connectivity index (χ4v) is 3.52. The van der Waals surface area contributed by atoms with Crippen LogP contribution in [0.25, 0.3) is 0 Å². The van der Waals surface area contributed by atoms with Gasteiger partial charge >= 0.3 is 0 Å². The van der Waals surface area contributed by atoms with Gasteiger partial charge in [-0.05, 0) is 32.0 Å². The number of nitrogens with zero attached hydrogens (tertiary/aromatic N) is 2. The van der Waals surface area contributed by atoms with E-state index in [9.17, 15) is 4.79 Å². The van der Waals surface area contributed by atoms with E-state index < -0.39 is 6.10 Å². The van der Waals surface area contributed by atoms with Gasteiger partial charge in [0.05, 0.1) is 0 Å². The van der Waals surface area contributed by atoms with Crippen LogP contribution in [-0.4, -0.2) is 47.2 Å². The third-order valence-electron chi connectivity index (χ3n) is 4.99. The van der Waals surface area contributed by atoms with Crippen LogP contribution in [-0.2, 0) is 4.79 Å². The number of piperidine rings is 1. The van der Waals surface area contributed by atoms with Gasteiger partial charge in [0.15, 0.2) is 11.5 Å². The van der Waals surface area contributed by atoms with E-state index in [0.29, 0.717) is 30.5 Å². The Kier molecular flexibility index (Phi) is 4.88. The van der Waals surface area contributed by atoms with Crippen LogP contribution in [0.15, 0.2) is 42.5 Å². The number of ether oxygens (including phenoxy) is 3. The second kappa shape index (κ2) is 7.47. The lowest BCUT2D eigenvalue weighted by Gasteiger charge is -2.37. The van der Waals surface area contributed by atoms with Crippen molar-refractivity contribution in [2.75, 3.05) is 13.1 Å². The van der Waals surface area contributed by atoms with Gasteiger partial charge in [0.1, 0.15) is 12.2 Å². The summed E-state index contributed by atoms with van der Waals surface area (Å²) < 4.78 is 17.8. The first-order valence-electron chi connectivity index (χ1n) is 9.41. The Morgan fingerprint density at radius 1 is 1.07 bits per heavy atom. The minimum Gasteiger partial charge on any atom is -0.482 e. The lowest BCUT2D eigenvalue weighted by Crippen LogP contribution is -2.53. The molecule has 0 radical (unpaired) electrons. The molecule has 0 N–H and O–H groups in total. The fraction of sp³-hybridized carbons (Fsp3) is 0.429. The largest absolute Gasteiger partial charge is 0.482 e. The molecule has 2 aliphatic rings. The zero-order chi connectivity index (χ0) is 18.8. The molecule has 1 fully saturated rings. The number of carbonyl (C=O) groups is 1. The standard InChI is InChI=1S/C21H24N2O4/c1-14-6-5-9-19(22-14)26-16-10-12-23(13-11-16)21(24)20-15(2)25-17-7-3-4-8-18(17)27-20/h3-9,15-16,20H,10-13H2,1-2H3. The second-order valence-corrected chi connectivity index (χ2v) is 7.07. The molecule has 2 aromatic rings. The molecule has 3 heterocycles. The van der Waals surface area contributed by atoms with Crippen molar-refractivity contribution in [3.05, 3.63) is 48.2 Å². The Balaban J connectivity index is 1.35. The molecule has 27 heavy (non-hydrogen) atoms. The van der Waals surface area contributed by atoms with Crippen molar-refractivity contribution < 1.29 is 19.0 Å². The molecule has 1 aromatic carbocycles. The van der Waals surface area contributed by atoms with Gasteiger partial charge in [-0.25, -0.2) is 4.98 Å². The van der Waals surface area contributed by atoms with E-state index in [2.05, 4.69) is 4.98 Å². The summed E-state index contributed by atoms with van der Waals surface area (Å²) in [6, 6.07) is 13.2. The molecule has 142 valence electrons. The molecule has 6 heteroatoms. The number of aromatic nitrogens is 1. The Labute approximate surface area is 159 Å². The maximum Gasteiger partial charge on any atom is 0.267 e. The number of para-hydroxylation sites is 2. The highest BCUT2D eigenvalue weighted by atomic mass is 16.6. The molecular formula is C21H24N2O4. The molecule has 2 unspecified atom stereocenters. The second-order valence-electron chi connectivity index (χ2n) is 7.07. The normalized spacial score (nSPS) is 22.4. The third-order valence-corrected chi connectivity index (χ3v) is 4.99. The van der Waals surface area contributed by atoms with Crippen molar-refractivity contribution in [2.24, 2.45) is 0 Å². The van der Waals surface area contributed by atoms with Gasteiger partial charge in [-0.15, -0.1) is 0 Å². The molecule has 6 nitrogen and oxygen atoms in total. The molecule has 1 amide bonds. The molecule has 4 rings (SSSR count). The van der Waals surface area contributed by atoms with Gasteiger partial charge in [-0.2, -0.15) is 0 Å². The van der Waals surface area contributed by atoms with Crippen molar-refractivity contribution in [1.82, 2.24) is 9.88 Å². The van der Waals surface area contributed by atoms with Crippen molar-refractivity contribution >= 4 is 5.91 Å². The first-order chi connectivity index (χ1) is 13.1. The molecule has 2 aliphatic heterocycles. The fourth-order valence-electron chi connectivity index (χ4n) is 3.52. The van der Waals surface area contributed by atoms with Gasteiger partial charge in [0, 0.05) is 37.7 Å². The van der Waals surface area contributed by atoms with Gasteiger partial charge in [-0.3, -0.25) is 4.79 Å². The van der Waals surface area contributed by atoms with Crippen molar-refractivity contribution in [3.8, 4) is 17.4 Å². The topological polar surface area (TPSA) is 60.9 Å². The molecular weight excluding hydrogens is 344 g/mol. The smallest absolute Gasteiger partial charge is 0.267 e. The summed E-state index contributed by atoms with van der Waals surface area (Å²) in [5.41, 5.74) is 0.934. The van der Waals surface area contributed by atoms with Gasteiger partial charge in [0.2, 0.25) is 12.0 Å². The van der Waals surface area contributed by atoms with E-state index in [-0.39, 0.29) is 18.1 Å². The minimum absolute atomic E-state index is 0.0240. The quantitative estimate of drug-likeness (QED) is 0.834. The molecule has 0 bridgehead atoms.